The molecule has 220 valence electrons. The molecule has 0 aliphatic carbocycles. The number of amides is 1. The maximum Gasteiger partial charge on any atom is 0.416 e. The van der Waals surface area contributed by atoms with Gasteiger partial charge in [0.25, 0.3) is 5.91 Å². The van der Waals surface area contributed by atoms with Crippen LogP contribution in [0.2, 0.25) is 0 Å². The summed E-state index contributed by atoms with van der Waals surface area (Å²) in [6.45, 7) is 7.30. The van der Waals surface area contributed by atoms with E-state index in [0.29, 0.717) is 34.4 Å². The highest BCUT2D eigenvalue weighted by molar-refractivity contribution is 6.04. The molecule has 3 N–H and O–H groups in total. The molecule has 1 fully saturated rings. The van der Waals surface area contributed by atoms with E-state index in [1.807, 2.05) is 32.9 Å². The lowest BCUT2D eigenvalue weighted by Gasteiger charge is -2.25. The number of rotatable bonds is 8. The van der Waals surface area contributed by atoms with Crippen molar-refractivity contribution in [3.63, 3.8) is 0 Å². The molecule has 4 aromatic rings. The highest BCUT2D eigenvalue weighted by atomic mass is 19.4. The molecule has 2 aromatic heterocycles. The number of hydrogen-bond donors (Lipinski definition) is 3. The number of aromatic nitrogens is 4. The summed E-state index contributed by atoms with van der Waals surface area (Å²) in [5.74, 6) is 1.20. The van der Waals surface area contributed by atoms with Crippen molar-refractivity contribution in [2.24, 2.45) is 0 Å². The molecule has 1 amide bonds. The molecule has 42 heavy (non-hydrogen) atoms. The van der Waals surface area contributed by atoms with Crippen molar-refractivity contribution in [1.82, 2.24) is 24.6 Å². The minimum atomic E-state index is -4.57. The lowest BCUT2D eigenvalue weighted by atomic mass is 9.99. The van der Waals surface area contributed by atoms with Crippen LogP contribution in [0.4, 0.5) is 36.2 Å². The molecule has 1 atom stereocenters. The maximum absolute atomic E-state index is 13.8. The molecule has 0 unspecified atom stereocenters. The Balaban J connectivity index is 1.41. The number of carbonyl (C=O) groups excluding carboxylic acids is 1. The van der Waals surface area contributed by atoms with Gasteiger partial charge in [-0.1, -0.05) is 6.07 Å². The minimum absolute atomic E-state index is 0.0428. The van der Waals surface area contributed by atoms with Gasteiger partial charge in [0, 0.05) is 42.2 Å². The van der Waals surface area contributed by atoms with E-state index in [-0.39, 0.29) is 11.6 Å². The third-order valence-corrected chi connectivity index (χ3v) is 7.43. The number of nitrogens with zero attached hydrogens (tertiary/aromatic N) is 5. The van der Waals surface area contributed by atoms with Gasteiger partial charge in [-0.05, 0) is 88.2 Å². The summed E-state index contributed by atoms with van der Waals surface area (Å²) >= 11 is 0. The highest BCUT2D eigenvalue weighted by Crippen LogP contribution is 2.34. The van der Waals surface area contributed by atoms with E-state index in [2.05, 4.69) is 35.9 Å². The van der Waals surface area contributed by atoms with Crippen molar-refractivity contribution < 1.29 is 18.0 Å². The molecule has 1 aliphatic rings. The number of nitrogens with one attached hydrogen (secondary N) is 3. The van der Waals surface area contributed by atoms with Crippen LogP contribution in [0.5, 0.6) is 0 Å². The number of halogens is 3. The Morgan fingerprint density at radius 2 is 1.76 bits per heavy atom. The van der Waals surface area contributed by atoms with E-state index in [4.69, 9.17) is 0 Å². The van der Waals surface area contributed by atoms with Crippen LogP contribution in [-0.2, 0) is 6.18 Å². The van der Waals surface area contributed by atoms with E-state index >= 15 is 0 Å². The van der Waals surface area contributed by atoms with Gasteiger partial charge in [-0.3, -0.25) is 9.69 Å². The van der Waals surface area contributed by atoms with Crippen molar-refractivity contribution in [2.75, 3.05) is 36.1 Å². The van der Waals surface area contributed by atoms with Crippen molar-refractivity contribution in [3.8, 4) is 5.82 Å². The Labute approximate surface area is 242 Å². The quantitative estimate of drug-likeness (QED) is 0.220. The summed E-state index contributed by atoms with van der Waals surface area (Å²) in [6.07, 6.45) is -1.11. The summed E-state index contributed by atoms with van der Waals surface area (Å²) in [5, 5.41) is 13.7. The molecular weight excluding hydrogens is 545 g/mol. The number of benzene rings is 2. The maximum atomic E-state index is 13.8. The van der Waals surface area contributed by atoms with Gasteiger partial charge in [0.1, 0.15) is 18.0 Å². The lowest BCUT2D eigenvalue weighted by Crippen LogP contribution is -2.24. The molecular formula is C30H33F3N8O. The van der Waals surface area contributed by atoms with Gasteiger partial charge in [-0.2, -0.15) is 23.0 Å². The van der Waals surface area contributed by atoms with Crippen LogP contribution in [0, 0.1) is 13.8 Å². The topological polar surface area (TPSA) is 100 Å². The molecule has 5 rings (SSSR count). The van der Waals surface area contributed by atoms with Crippen molar-refractivity contribution in [3.05, 3.63) is 82.8 Å². The zero-order valence-electron chi connectivity index (χ0n) is 23.9. The Morgan fingerprint density at radius 1 is 1.00 bits per heavy atom. The second kappa shape index (κ2) is 11.8. The second-order valence-electron chi connectivity index (χ2n) is 10.5. The molecule has 1 aliphatic heterocycles. The zero-order chi connectivity index (χ0) is 30.0. The number of hydrogen-bond acceptors (Lipinski definition) is 7. The summed E-state index contributed by atoms with van der Waals surface area (Å²) < 4.78 is 43.1. The highest BCUT2D eigenvalue weighted by Gasteiger charge is 2.33. The first-order valence-electron chi connectivity index (χ1n) is 13.7. The van der Waals surface area contributed by atoms with Crippen molar-refractivity contribution >= 4 is 28.9 Å². The Bertz CT molecular complexity index is 1590. The van der Waals surface area contributed by atoms with Gasteiger partial charge in [-0.25, -0.2) is 9.97 Å². The molecule has 0 bridgehead atoms. The second-order valence-corrected chi connectivity index (χ2v) is 10.5. The van der Waals surface area contributed by atoms with Gasteiger partial charge in [0.05, 0.1) is 11.3 Å². The monoisotopic (exact) mass is 578 g/mol. The fourth-order valence-corrected chi connectivity index (χ4v) is 5.07. The number of carbonyl (C=O) groups is 1. The molecule has 0 saturated carbocycles. The van der Waals surface area contributed by atoms with Crippen molar-refractivity contribution in [2.45, 2.75) is 45.8 Å². The number of anilines is 4. The van der Waals surface area contributed by atoms with Crippen LogP contribution < -0.4 is 16.0 Å². The Kier molecular flexibility index (Phi) is 8.17. The summed E-state index contributed by atoms with van der Waals surface area (Å²) in [4.78, 5) is 23.9. The van der Waals surface area contributed by atoms with Crippen LogP contribution in [0.25, 0.3) is 5.82 Å². The average Bonchev–Trinajstić information content (AvgIpc) is 3.64. The largest absolute Gasteiger partial charge is 0.416 e. The van der Waals surface area contributed by atoms with Crippen LogP contribution in [-0.4, -0.2) is 50.7 Å². The van der Waals surface area contributed by atoms with E-state index in [0.717, 1.165) is 49.3 Å². The van der Waals surface area contributed by atoms with Crippen LogP contribution in [0.1, 0.15) is 58.5 Å². The van der Waals surface area contributed by atoms with Crippen LogP contribution >= 0.6 is 0 Å². The van der Waals surface area contributed by atoms with Gasteiger partial charge in [0.2, 0.25) is 0 Å². The molecule has 12 heteroatoms. The first kappa shape index (κ1) is 29.1. The third kappa shape index (κ3) is 6.38. The lowest BCUT2D eigenvalue weighted by molar-refractivity contribution is -0.137. The molecule has 1 saturated heterocycles. The van der Waals surface area contributed by atoms with E-state index in [1.165, 1.54) is 6.33 Å². The normalized spacial score (nSPS) is 14.5. The van der Waals surface area contributed by atoms with Gasteiger partial charge in [-0.15, -0.1) is 0 Å². The smallest absolute Gasteiger partial charge is 0.373 e. The third-order valence-electron chi connectivity index (χ3n) is 7.43. The van der Waals surface area contributed by atoms with Crippen LogP contribution in [0.15, 0.2) is 54.9 Å². The van der Waals surface area contributed by atoms with Gasteiger partial charge >= 0.3 is 6.18 Å². The SMILES string of the molecule is CNc1cc(-n2nc(C)cc2Nc2cc(NC(=O)c3cc([C@@H](C)N4CCCC4)cc(C(F)(F)F)c3)ccc2C)ncn1. The first-order valence-corrected chi connectivity index (χ1v) is 13.7. The van der Waals surface area contributed by atoms with Gasteiger partial charge < -0.3 is 16.0 Å². The predicted octanol–water partition coefficient (Wildman–Crippen LogP) is 6.49. The summed E-state index contributed by atoms with van der Waals surface area (Å²) in [7, 11) is 1.76. The zero-order valence-corrected chi connectivity index (χ0v) is 23.9. The number of aryl methyl sites for hydroxylation is 2. The first-order chi connectivity index (χ1) is 20.0. The molecule has 9 nitrogen and oxygen atoms in total. The van der Waals surface area contributed by atoms with Crippen LogP contribution in [0.3, 0.4) is 0 Å². The Morgan fingerprint density at radius 3 is 2.48 bits per heavy atom. The summed E-state index contributed by atoms with van der Waals surface area (Å²) in [6, 6.07) is 12.3. The fourth-order valence-electron chi connectivity index (χ4n) is 5.07. The van der Waals surface area contributed by atoms with E-state index < -0.39 is 17.6 Å². The Hall–Kier alpha value is -4.45. The predicted molar refractivity (Wildman–Crippen MR) is 157 cm³/mol. The number of likely N-dealkylation sites (tertiary alicyclic amines) is 1. The molecule has 0 radical (unpaired) electrons. The van der Waals surface area contributed by atoms with Gasteiger partial charge in [0.15, 0.2) is 5.82 Å². The molecule has 3 heterocycles. The fraction of sp³-hybridized carbons (Fsp3) is 0.333. The van der Waals surface area contributed by atoms with E-state index in [1.54, 1.807) is 36.0 Å². The van der Waals surface area contributed by atoms with E-state index in [9.17, 15) is 18.0 Å². The minimum Gasteiger partial charge on any atom is -0.373 e. The average molecular weight is 579 g/mol. The molecule has 0 spiro atoms. The standard InChI is InChI=1S/C30H33F3N8O/c1-18-7-8-24(15-25(18)38-28-11-19(2)39-41(28)27-16-26(34-4)35-17-36-27)37-29(42)22-12-21(13-23(14-22)30(31,32)33)20(3)40-9-5-6-10-40/h7-8,11-17,20,38H,5-6,9-10H2,1-4H3,(H,37,42)(H,34,35,36)/t20-/m1/s1. The number of alkyl halides is 3. The summed E-state index contributed by atoms with van der Waals surface area (Å²) in [5.41, 5.74) is 2.35. The van der Waals surface area contributed by atoms with Crippen molar-refractivity contribution in [1.29, 1.82) is 0 Å². The molecule has 2 aromatic carbocycles.